The Morgan fingerprint density at radius 2 is 1.05 bits per heavy atom. The Kier molecular flexibility index (Phi) is 15.5. The first kappa shape index (κ1) is 43.3. The SMILES string of the molecule is Cc1ccccc1.Fc1ccc(-c2ncccc2OC(c2ccccc2)[C@@H]2CNCCO2)cc1.O=C1CO[C@H](C(Oc2cccnc2-c2ccc(F)cc2)c2ccccc2)CN1. The minimum atomic E-state index is -0.440. The van der Waals surface area contributed by atoms with Gasteiger partial charge in [0.1, 0.15) is 53.3 Å². The van der Waals surface area contributed by atoms with Gasteiger partial charge in [0, 0.05) is 43.2 Å². The highest BCUT2D eigenvalue weighted by atomic mass is 19.1. The minimum Gasteiger partial charge on any atom is -0.481 e. The van der Waals surface area contributed by atoms with E-state index in [0.717, 1.165) is 28.8 Å². The standard InChI is InChI=1S/C22H19FN2O3.C22H21FN2O2.C7H8/c23-17-10-8-15(9-11-17)21-18(7-4-12-24-21)28-22(16-5-2-1-3-6-16)19-13-25-20(26)14-27-19;23-18-10-8-16(9-11-18)21-19(7-4-12-25-21)27-22(17-5-2-1-3-6-17)20-15-24-13-14-26-20;1-7-5-3-2-4-6-7/h1-12,19,22H,13-14H2,(H,25,26);1-12,20,22,24H,13-15H2;2-6H,1H3/t19-,22?;20-,22?;/m00./s1. The molecule has 0 aliphatic carbocycles. The van der Waals surface area contributed by atoms with Gasteiger partial charge in [-0.25, -0.2) is 8.78 Å². The number of ether oxygens (including phenoxy) is 4. The Morgan fingerprint density at radius 1 is 0.581 bits per heavy atom. The number of halogens is 2. The van der Waals surface area contributed by atoms with Crippen LogP contribution in [0.2, 0.25) is 0 Å². The first-order valence-electron chi connectivity index (χ1n) is 20.5. The Bertz CT molecular complexity index is 2410. The second-order valence-electron chi connectivity index (χ2n) is 14.5. The fourth-order valence-electron chi connectivity index (χ4n) is 6.91. The van der Waals surface area contributed by atoms with Crippen LogP contribution in [0.4, 0.5) is 8.78 Å². The normalized spacial score (nSPS) is 16.8. The van der Waals surface area contributed by atoms with Gasteiger partial charge in [0.15, 0.2) is 12.2 Å². The third kappa shape index (κ3) is 12.2. The smallest absolute Gasteiger partial charge is 0.246 e. The molecule has 4 atom stereocenters. The van der Waals surface area contributed by atoms with Crippen molar-refractivity contribution in [1.82, 2.24) is 20.6 Å². The molecule has 1 amide bonds. The van der Waals surface area contributed by atoms with Crippen molar-refractivity contribution in [2.45, 2.75) is 31.3 Å². The van der Waals surface area contributed by atoms with Crippen molar-refractivity contribution in [3.05, 3.63) is 205 Å². The van der Waals surface area contributed by atoms with E-state index in [9.17, 15) is 13.6 Å². The molecule has 2 aromatic heterocycles. The summed E-state index contributed by atoms with van der Waals surface area (Å²) < 4.78 is 51.1. The molecule has 0 bridgehead atoms. The van der Waals surface area contributed by atoms with Crippen LogP contribution >= 0.6 is 0 Å². The monoisotopic (exact) mass is 834 g/mol. The highest BCUT2D eigenvalue weighted by Gasteiger charge is 2.31. The van der Waals surface area contributed by atoms with Crippen molar-refractivity contribution in [2.24, 2.45) is 0 Å². The van der Waals surface area contributed by atoms with Gasteiger partial charge in [-0.1, -0.05) is 96.6 Å². The Labute approximate surface area is 360 Å². The Morgan fingerprint density at radius 3 is 1.45 bits per heavy atom. The van der Waals surface area contributed by atoms with Crippen molar-refractivity contribution in [2.75, 3.05) is 32.8 Å². The molecule has 9 rings (SSSR count). The van der Waals surface area contributed by atoms with Gasteiger partial charge in [0.25, 0.3) is 0 Å². The minimum absolute atomic E-state index is 0.00474. The average molecular weight is 835 g/mol. The van der Waals surface area contributed by atoms with E-state index in [4.69, 9.17) is 18.9 Å². The van der Waals surface area contributed by atoms with Crippen molar-refractivity contribution in [3.8, 4) is 34.0 Å². The molecule has 62 heavy (non-hydrogen) atoms. The number of hydrogen-bond donors (Lipinski definition) is 2. The number of nitrogens with zero attached hydrogens (tertiary/aromatic N) is 2. The van der Waals surface area contributed by atoms with Crippen LogP contribution in [0.3, 0.4) is 0 Å². The average Bonchev–Trinajstić information content (AvgIpc) is 3.33. The van der Waals surface area contributed by atoms with E-state index in [0.29, 0.717) is 42.6 Å². The zero-order valence-corrected chi connectivity index (χ0v) is 34.3. The third-order valence-electron chi connectivity index (χ3n) is 10.0. The maximum absolute atomic E-state index is 13.3. The number of rotatable bonds is 10. The molecule has 4 heterocycles. The van der Waals surface area contributed by atoms with Crippen molar-refractivity contribution < 1.29 is 32.5 Å². The fourth-order valence-corrected chi connectivity index (χ4v) is 6.91. The number of morpholine rings is 2. The second kappa shape index (κ2) is 22.2. The van der Waals surface area contributed by atoms with Crippen molar-refractivity contribution in [1.29, 1.82) is 0 Å². The first-order valence-corrected chi connectivity index (χ1v) is 20.5. The molecule has 2 aliphatic heterocycles. The van der Waals surface area contributed by atoms with Crippen LogP contribution in [0.15, 0.2) is 176 Å². The lowest BCUT2D eigenvalue weighted by Gasteiger charge is -2.32. The van der Waals surface area contributed by atoms with Gasteiger partial charge in [-0.15, -0.1) is 0 Å². The molecule has 316 valence electrons. The molecule has 0 spiro atoms. The van der Waals surface area contributed by atoms with Gasteiger partial charge in [-0.3, -0.25) is 14.8 Å². The van der Waals surface area contributed by atoms with Crippen LogP contribution in [-0.4, -0.2) is 60.9 Å². The lowest BCUT2D eigenvalue weighted by Crippen LogP contribution is -2.46. The molecule has 11 heteroatoms. The Hall–Kier alpha value is -6.79. The number of amides is 1. The summed E-state index contributed by atoms with van der Waals surface area (Å²) in [7, 11) is 0. The van der Waals surface area contributed by atoms with E-state index in [-0.39, 0.29) is 42.5 Å². The molecule has 2 N–H and O–H groups in total. The number of carbonyl (C=O) groups is 1. The van der Waals surface area contributed by atoms with E-state index in [2.05, 4.69) is 39.7 Å². The van der Waals surface area contributed by atoms with E-state index in [1.54, 1.807) is 42.7 Å². The summed E-state index contributed by atoms with van der Waals surface area (Å²) in [5.41, 5.74) is 6.15. The molecule has 5 aromatic carbocycles. The summed E-state index contributed by atoms with van der Waals surface area (Å²) in [5, 5.41) is 6.18. The van der Waals surface area contributed by atoms with Crippen molar-refractivity contribution >= 4 is 5.91 Å². The largest absolute Gasteiger partial charge is 0.481 e. The molecule has 2 saturated heterocycles. The molecule has 0 radical (unpaired) electrons. The van der Waals surface area contributed by atoms with Crippen LogP contribution in [0.5, 0.6) is 11.5 Å². The van der Waals surface area contributed by atoms with Crippen LogP contribution in [-0.2, 0) is 14.3 Å². The number of hydrogen-bond acceptors (Lipinski definition) is 8. The first-order chi connectivity index (χ1) is 30.4. The van der Waals surface area contributed by atoms with Gasteiger partial charge in [-0.05, 0) is 90.8 Å². The summed E-state index contributed by atoms with van der Waals surface area (Å²) in [6.45, 7) is 4.63. The number of pyridine rings is 2. The van der Waals surface area contributed by atoms with Gasteiger partial charge in [-0.2, -0.15) is 0 Å². The van der Waals surface area contributed by atoms with Gasteiger partial charge in [0.2, 0.25) is 5.91 Å². The molecule has 2 fully saturated rings. The summed E-state index contributed by atoms with van der Waals surface area (Å²) in [5.74, 6) is 0.476. The number of aromatic nitrogens is 2. The van der Waals surface area contributed by atoms with Crippen LogP contribution in [0.1, 0.15) is 28.9 Å². The van der Waals surface area contributed by atoms with Crippen LogP contribution < -0.4 is 20.1 Å². The van der Waals surface area contributed by atoms with E-state index < -0.39 is 6.10 Å². The van der Waals surface area contributed by atoms with Crippen LogP contribution in [0, 0.1) is 18.6 Å². The fraction of sp³-hybridized carbons (Fsp3) is 0.196. The van der Waals surface area contributed by atoms with E-state index >= 15 is 0 Å². The Balaban J connectivity index is 0.000000161. The number of carbonyl (C=O) groups excluding carboxylic acids is 1. The lowest BCUT2D eigenvalue weighted by atomic mass is 10.0. The maximum Gasteiger partial charge on any atom is 0.246 e. The zero-order valence-electron chi connectivity index (χ0n) is 34.3. The highest BCUT2D eigenvalue weighted by molar-refractivity contribution is 5.77. The molecule has 0 saturated carbocycles. The molecule has 7 aromatic rings. The summed E-state index contributed by atoms with van der Waals surface area (Å²) >= 11 is 0. The number of nitrogens with one attached hydrogen (secondary N) is 2. The summed E-state index contributed by atoms with van der Waals surface area (Å²) in [6, 6.07) is 49.7. The quantitative estimate of drug-likeness (QED) is 0.141. The van der Waals surface area contributed by atoms with Crippen molar-refractivity contribution in [3.63, 3.8) is 0 Å². The second-order valence-corrected chi connectivity index (χ2v) is 14.5. The predicted molar refractivity (Wildman–Crippen MR) is 235 cm³/mol. The van der Waals surface area contributed by atoms with Gasteiger partial charge < -0.3 is 29.6 Å². The summed E-state index contributed by atoms with van der Waals surface area (Å²) in [4.78, 5) is 20.4. The molecular formula is C51H48F2N4O5. The predicted octanol–water partition coefficient (Wildman–Crippen LogP) is 9.51. The van der Waals surface area contributed by atoms with Gasteiger partial charge in [0.05, 0.1) is 6.61 Å². The summed E-state index contributed by atoms with van der Waals surface area (Å²) in [6.07, 6.45) is 2.21. The molecule has 9 nitrogen and oxygen atoms in total. The van der Waals surface area contributed by atoms with E-state index in [1.807, 2.05) is 97.1 Å². The maximum atomic E-state index is 13.3. The number of aryl methyl sites for hydroxylation is 1. The van der Waals surface area contributed by atoms with Crippen LogP contribution in [0.25, 0.3) is 22.5 Å². The molecule has 2 aliphatic rings. The zero-order chi connectivity index (χ0) is 42.9. The van der Waals surface area contributed by atoms with E-state index in [1.165, 1.54) is 29.8 Å². The molecular weight excluding hydrogens is 787 g/mol. The lowest BCUT2D eigenvalue weighted by molar-refractivity contribution is -0.137. The highest BCUT2D eigenvalue weighted by Crippen LogP contribution is 2.35. The van der Waals surface area contributed by atoms with Gasteiger partial charge >= 0.3 is 0 Å². The molecule has 2 unspecified atom stereocenters. The number of benzene rings is 5. The topological polar surface area (TPSA) is 104 Å². The third-order valence-corrected chi connectivity index (χ3v) is 10.0.